The highest BCUT2D eigenvalue weighted by molar-refractivity contribution is 5.60. The number of unbranched alkanes of at least 4 members (excludes halogenated alkanes) is 2. The fourth-order valence-corrected chi connectivity index (χ4v) is 2.63. The summed E-state index contributed by atoms with van der Waals surface area (Å²) in [6.07, 6.45) is 9.39. The van der Waals surface area contributed by atoms with E-state index < -0.39 is 0 Å². The van der Waals surface area contributed by atoms with Gasteiger partial charge in [-0.2, -0.15) is 0 Å². The van der Waals surface area contributed by atoms with Crippen LogP contribution in [0.15, 0.2) is 65.9 Å². The molecule has 0 fully saturated rings. The molecular weight excluding hydrogens is 300 g/mol. The van der Waals surface area contributed by atoms with Crippen molar-refractivity contribution < 1.29 is 0 Å². The van der Waals surface area contributed by atoms with E-state index in [-0.39, 0.29) is 0 Å². The van der Waals surface area contributed by atoms with E-state index in [1.54, 1.807) is 0 Å². The van der Waals surface area contributed by atoms with Crippen LogP contribution in [0, 0.1) is 11.8 Å². The fraction of sp³-hybridized carbons (Fsp3) is 0.320. The second kappa shape index (κ2) is 11.1. The molecule has 0 saturated carbocycles. The van der Waals surface area contributed by atoms with Crippen molar-refractivity contribution in [2.45, 2.75) is 52.4 Å². The first-order chi connectivity index (χ1) is 12.3. The molecule has 0 heteroatoms. The minimum absolute atomic E-state index is 1.04. The molecule has 0 heterocycles. The lowest BCUT2D eigenvalue weighted by atomic mass is 10.0. The lowest BCUT2D eigenvalue weighted by molar-refractivity contribution is 0.714. The highest BCUT2D eigenvalue weighted by Gasteiger charge is 1.98. The Hall–Kier alpha value is -2.48. The molecule has 0 bridgehead atoms. The van der Waals surface area contributed by atoms with Crippen LogP contribution in [0.1, 0.15) is 69.1 Å². The Morgan fingerprint density at radius 3 is 2.12 bits per heavy atom. The Morgan fingerprint density at radius 1 is 0.800 bits per heavy atom. The Kier molecular flexibility index (Phi) is 8.40. The molecule has 0 aliphatic rings. The van der Waals surface area contributed by atoms with Crippen molar-refractivity contribution in [2.24, 2.45) is 0 Å². The van der Waals surface area contributed by atoms with Crippen LogP contribution in [-0.4, -0.2) is 0 Å². The normalized spacial score (nSPS) is 9.68. The van der Waals surface area contributed by atoms with E-state index in [1.165, 1.54) is 31.3 Å². The van der Waals surface area contributed by atoms with Gasteiger partial charge in [-0.3, -0.25) is 0 Å². The first-order valence-electron chi connectivity index (χ1n) is 9.44. The zero-order chi connectivity index (χ0) is 17.7. The molecule has 0 aromatic heterocycles. The van der Waals surface area contributed by atoms with Crippen molar-refractivity contribution in [1.29, 1.82) is 0 Å². The maximum absolute atomic E-state index is 3.57. The number of allylic oxidation sites excluding steroid dienone is 1. The van der Waals surface area contributed by atoms with Gasteiger partial charge < -0.3 is 0 Å². The number of hydrogen-bond acceptors (Lipinski definition) is 0. The third-order valence-electron chi connectivity index (χ3n) is 4.17. The standard InChI is InChI=1S/C25H28/c1-3-5-12-22(13-6-4-2)18-20-24-16-10-11-17-25(24)21-19-23-14-8-7-9-15-23/h7-11,14-17,20H,3-6,12-13H2,1-2H3. The summed E-state index contributed by atoms with van der Waals surface area (Å²) in [5.74, 6) is 6.56. The van der Waals surface area contributed by atoms with Gasteiger partial charge in [0.05, 0.1) is 0 Å². The zero-order valence-electron chi connectivity index (χ0n) is 15.5. The molecule has 0 radical (unpaired) electrons. The molecule has 0 atom stereocenters. The molecule has 0 spiro atoms. The van der Waals surface area contributed by atoms with Gasteiger partial charge in [-0.1, -0.05) is 74.9 Å². The van der Waals surface area contributed by atoms with Gasteiger partial charge in [0, 0.05) is 11.1 Å². The van der Waals surface area contributed by atoms with Crippen LogP contribution in [0.5, 0.6) is 0 Å². The third kappa shape index (κ3) is 6.88. The van der Waals surface area contributed by atoms with Gasteiger partial charge in [0.1, 0.15) is 0 Å². The number of hydrogen-bond donors (Lipinski definition) is 0. The Balaban J connectivity index is 2.26. The van der Waals surface area contributed by atoms with Gasteiger partial charge in [0.2, 0.25) is 0 Å². The quantitative estimate of drug-likeness (QED) is 0.379. The van der Waals surface area contributed by atoms with Crippen LogP contribution in [0.4, 0.5) is 0 Å². The maximum Gasteiger partial charge on any atom is 0.0327 e. The molecule has 0 aliphatic carbocycles. The fourth-order valence-electron chi connectivity index (χ4n) is 2.63. The molecule has 2 rings (SSSR count). The molecular formula is C25H28. The van der Waals surface area contributed by atoms with Crippen molar-refractivity contribution >= 4 is 6.08 Å². The van der Waals surface area contributed by atoms with Crippen molar-refractivity contribution in [1.82, 2.24) is 0 Å². The van der Waals surface area contributed by atoms with E-state index in [9.17, 15) is 0 Å². The molecule has 128 valence electrons. The summed E-state index contributed by atoms with van der Waals surface area (Å²) in [6.45, 7) is 4.49. The molecule has 25 heavy (non-hydrogen) atoms. The Bertz CT molecular complexity index is 752. The predicted molar refractivity (Wildman–Crippen MR) is 109 cm³/mol. The number of benzene rings is 2. The van der Waals surface area contributed by atoms with Crippen molar-refractivity contribution in [3.8, 4) is 11.8 Å². The van der Waals surface area contributed by atoms with Crippen LogP contribution in [0.2, 0.25) is 0 Å². The van der Waals surface area contributed by atoms with Crippen molar-refractivity contribution in [2.75, 3.05) is 0 Å². The van der Waals surface area contributed by atoms with Gasteiger partial charge >= 0.3 is 0 Å². The van der Waals surface area contributed by atoms with E-state index >= 15 is 0 Å². The summed E-state index contributed by atoms with van der Waals surface area (Å²) in [6, 6.07) is 18.5. The Morgan fingerprint density at radius 2 is 1.44 bits per heavy atom. The van der Waals surface area contributed by atoms with Crippen LogP contribution in [0.25, 0.3) is 6.08 Å². The van der Waals surface area contributed by atoms with Gasteiger partial charge in [-0.25, -0.2) is 0 Å². The van der Waals surface area contributed by atoms with E-state index in [0.29, 0.717) is 0 Å². The molecule has 0 saturated heterocycles. The molecule has 2 aromatic rings. The van der Waals surface area contributed by atoms with E-state index in [1.807, 2.05) is 36.4 Å². The monoisotopic (exact) mass is 328 g/mol. The summed E-state index contributed by atoms with van der Waals surface area (Å²) in [4.78, 5) is 0. The minimum Gasteiger partial charge on any atom is -0.121 e. The van der Waals surface area contributed by atoms with Crippen LogP contribution in [-0.2, 0) is 0 Å². The third-order valence-corrected chi connectivity index (χ3v) is 4.17. The largest absolute Gasteiger partial charge is 0.121 e. The molecule has 0 N–H and O–H groups in total. The highest BCUT2D eigenvalue weighted by Crippen LogP contribution is 2.16. The van der Waals surface area contributed by atoms with Crippen molar-refractivity contribution in [3.63, 3.8) is 0 Å². The minimum atomic E-state index is 1.04. The smallest absolute Gasteiger partial charge is 0.0327 e. The zero-order valence-corrected chi connectivity index (χ0v) is 15.5. The highest BCUT2D eigenvalue weighted by atomic mass is 14.0. The van der Waals surface area contributed by atoms with Gasteiger partial charge in [0.15, 0.2) is 0 Å². The SMILES string of the molecule is CCCCC(=C=Cc1ccccc1C#Cc1ccccc1)CCCC. The Labute approximate surface area is 153 Å². The lowest BCUT2D eigenvalue weighted by Gasteiger charge is -2.03. The predicted octanol–water partition coefficient (Wildman–Crippen LogP) is 7.01. The lowest BCUT2D eigenvalue weighted by Crippen LogP contribution is -1.84. The van der Waals surface area contributed by atoms with Gasteiger partial charge in [-0.15, -0.1) is 5.73 Å². The average molecular weight is 328 g/mol. The molecule has 0 amide bonds. The first kappa shape index (κ1) is 18.9. The molecule has 0 unspecified atom stereocenters. The molecule has 2 aromatic carbocycles. The van der Waals surface area contributed by atoms with Gasteiger partial charge in [-0.05, 0) is 61.1 Å². The number of rotatable bonds is 7. The summed E-state index contributed by atoms with van der Waals surface area (Å²) in [5.41, 5.74) is 8.26. The molecule has 0 aliphatic heterocycles. The summed E-state index contributed by atoms with van der Waals surface area (Å²) in [5, 5.41) is 0. The van der Waals surface area contributed by atoms with Crippen molar-refractivity contribution in [3.05, 3.63) is 82.6 Å². The second-order valence-corrected chi connectivity index (χ2v) is 6.30. The topological polar surface area (TPSA) is 0 Å². The van der Waals surface area contributed by atoms with Crippen LogP contribution >= 0.6 is 0 Å². The molecule has 0 nitrogen and oxygen atoms in total. The van der Waals surface area contributed by atoms with E-state index in [4.69, 9.17) is 0 Å². The summed E-state index contributed by atoms with van der Waals surface area (Å²) in [7, 11) is 0. The van der Waals surface area contributed by atoms with E-state index in [2.05, 4.69) is 55.7 Å². The van der Waals surface area contributed by atoms with Gasteiger partial charge in [0.25, 0.3) is 0 Å². The second-order valence-electron chi connectivity index (χ2n) is 6.30. The summed E-state index contributed by atoms with van der Waals surface area (Å²) >= 11 is 0. The first-order valence-corrected chi connectivity index (χ1v) is 9.44. The van der Waals surface area contributed by atoms with E-state index in [0.717, 1.165) is 29.5 Å². The van der Waals surface area contributed by atoms with Crippen LogP contribution in [0.3, 0.4) is 0 Å². The van der Waals surface area contributed by atoms with Crippen LogP contribution < -0.4 is 0 Å². The summed E-state index contributed by atoms with van der Waals surface area (Å²) < 4.78 is 0. The maximum atomic E-state index is 3.57. The average Bonchev–Trinajstić information content (AvgIpc) is 2.67.